The van der Waals surface area contributed by atoms with E-state index in [0.29, 0.717) is 0 Å². The monoisotopic (exact) mass is 377 g/mol. The zero-order valence-electron chi connectivity index (χ0n) is 12.8. The Bertz CT molecular complexity index is 877. The molecular weight excluding hydrogens is 361 g/mol. The summed E-state index contributed by atoms with van der Waals surface area (Å²) >= 11 is 0. The molecule has 14 heteroatoms. The first kappa shape index (κ1) is 17.9. The van der Waals surface area contributed by atoms with Gasteiger partial charge in [-0.05, 0) is 0 Å². The lowest BCUT2D eigenvalue weighted by atomic mass is 10.1. The highest BCUT2D eigenvalue weighted by Crippen LogP contribution is 2.39. The number of aliphatic hydroxyl groups is 1. The van der Waals surface area contributed by atoms with E-state index in [4.69, 9.17) is 25.0 Å². The lowest BCUT2D eigenvalue weighted by molar-refractivity contribution is -0.0578. The first-order valence-corrected chi connectivity index (χ1v) is 8.53. The molecule has 0 bridgehead atoms. The standard InChI is InChI=1S/C11H16N5O8P/c1-22-7-6(17)4(2-23-25(19,20)21)24-10(7)16-3-13-5-8(16)14-11(12)15-9(5)18/h3-4,6-7,10,17H,2H2,1H3,(H2,19,20,21)(H3,12,14,15,18). The van der Waals surface area contributed by atoms with E-state index in [2.05, 4.69) is 19.5 Å². The SMILES string of the molecule is COC1C(O)C(COP(=O)(O)O)OC1n1cnc2c(=O)[nH]c(N)nc21. The number of nitrogens with zero attached hydrogens (tertiary/aromatic N) is 3. The zero-order valence-corrected chi connectivity index (χ0v) is 13.7. The van der Waals surface area contributed by atoms with Crippen LogP contribution in [0.4, 0.5) is 5.95 Å². The van der Waals surface area contributed by atoms with Crippen LogP contribution in [0.25, 0.3) is 11.2 Å². The molecule has 25 heavy (non-hydrogen) atoms. The van der Waals surface area contributed by atoms with E-state index in [1.807, 2.05) is 0 Å². The maximum Gasteiger partial charge on any atom is 0.469 e. The van der Waals surface area contributed by atoms with Crippen molar-refractivity contribution < 1.29 is 33.5 Å². The van der Waals surface area contributed by atoms with E-state index in [-0.39, 0.29) is 17.1 Å². The van der Waals surface area contributed by atoms with E-state index in [0.717, 1.165) is 0 Å². The topological polar surface area (TPSA) is 195 Å². The van der Waals surface area contributed by atoms with Crippen LogP contribution in [0.1, 0.15) is 6.23 Å². The smallest absolute Gasteiger partial charge is 0.387 e. The minimum Gasteiger partial charge on any atom is -0.387 e. The number of ether oxygens (including phenoxy) is 2. The van der Waals surface area contributed by atoms with E-state index < -0.39 is 44.5 Å². The molecule has 0 amide bonds. The average Bonchev–Trinajstić information content (AvgIpc) is 3.05. The van der Waals surface area contributed by atoms with Gasteiger partial charge in [-0.2, -0.15) is 4.98 Å². The largest absolute Gasteiger partial charge is 0.469 e. The van der Waals surface area contributed by atoms with Crippen LogP contribution >= 0.6 is 7.82 Å². The average molecular weight is 377 g/mol. The van der Waals surface area contributed by atoms with Gasteiger partial charge >= 0.3 is 7.82 Å². The Balaban J connectivity index is 1.94. The third-order valence-corrected chi connectivity index (χ3v) is 4.20. The summed E-state index contributed by atoms with van der Waals surface area (Å²) in [5.41, 5.74) is 5.11. The van der Waals surface area contributed by atoms with Crippen molar-refractivity contribution in [2.75, 3.05) is 19.5 Å². The van der Waals surface area contributed by atoms with Gasteiger partial charge < -0.3 is 30.1 Å². The van der Waals surface area contributed by atoms with Crippen molar-refractivity contribution in [1.82, 2.24) is 19.5 Å². The molecule has 6 N–H and O–H groups in total. The van der Waals surface area contributed by atoms with Gasteiger partial charge in [-0.15, -0.1) is 0 Å². The number of nitrogens with one attached hydrogen (secondary N) is 1. The maximum absolute atomic E-state index is 11.8. The molecule has 4 unspecified atom stereocenters. The summed E-state index contributed by atoms with van der Waals surface area (Å²) in [7, 11) is -3.41. The number of phosphoric acid groups is 1. The number of methoxy groups -OCH3 is 1. The van der Waals surface area contributed by atoms with Crippen molar-refractivity contribution in [3.05, 3.63) is 16.7 Å². The molecule has 3 heterocycles. The molecule has 0 radical (unpaired) electrons. The maximum atomic E-state index is 11.8. The van der Waals surface area contributed by atoms with Gasteiger partial charge in [0.05, 0.1) is 12.9 Å². The normalized spacial score (nSPS) is 27.2. The summed E-state index contributed by atoms with van der Waals surface area (Å²) in [5.74, 6) is -0.131. The summed E-state index contributed by atoms with van der Waals surface area (Å²) in [6.45, 7) is -0.565. The Kier molecular flexibility index (Phi) is 4.64. The van der Waals surface area contributed by atoms with Crippen LogP contribution in [-0.2, 0) is 18.6 Å². The van der Waals surface area contributed by atoms with Crippen LogP contribution in [0.5, 0.6) is 0 Å². The van der Waals surface area contributed by atoms with Crippen molar-refractivity contribution in [2.24, 2.45) is 0 Å². The highest BCUT2D eigenvalue weighted by Gasteiger charge is 2.46. The lowest BCUT2D eigenvalue weighted by Gasteiger charge is -2.19. The lowest BCUT2D eigenvalue weighted by Crippen LogP contribution is -2.35. The number of rotatable bonds is 5. The van der Waals surface area contributed by atoms with Gasteiger partial charge in [0.15, 0.2) is 17.4 Å². The number of nitrogen functional groups attached to an aromatic ring is 1. The fraction of sp³-hybridized carbons (Fsp3) is 0.545. The van der Waals surface area contributed by atoms with E-state index in [1.54, 1.807) is 0 Å². The van der Waals surface area contributed by atoms with Crippen LogP contribution in [-0.4, -0.2) is 66.4 Å². The Morgan fingerprint density at radius 3 is 2.88 bits per heavy atom. The second kappa shape index (κ2) is 6.46. The third kappa shape index (κ3) is 3.43. The Morgan fingerprint density at radius 1 is 1.52 bits per heavy atom. The minimum atomic E-state index is -4.73. The quantitative estimate of drug-likeness (QED) is 0.364. The molecule has 2 aromatic rings. The van der Waals surface area contributed by atoms with Gasteiger partial charge in [0.1, 0.15) is 18.3 Å². The zero-order chi connectivity index (χ0) is 18.4. The third-order valence-electron chi connectivity index (χ3n) is 3.72. The number of imidazole rings is 1. The molecule has 1 aliphatic heterocycles. The highest BCUT2D eigenvalue weighted by atomic mass is 31.2. The fourth-order valence-corrected chi connectivity index (χ4v) is 2.98. The fourth-order valence-electron chi connectivity index (χ4n) is 2.63. The van der Waals surface area contributed by atoms with Gasteiger partial charge in [-0.1, -0.05) is 0 Å². The summed E-state index contributed by atoms with van der Waals surface area (Å²) in [4.78, 5) is 39.6. The van der Waals surface area contributed by atoms with Gasteiger partial charge in [-0.3, -0.25) is 18.9 Å². The number of hydrogen-bond donors (Lipinski definition) is 5. The molecule has 0 aliphatic carbocycles. The summed E-state index contributed by atoms with van der Waals surface area (Å²) in [6, 6.07) is 0. The van der Waals surface area contributed by atoms with E-state index in [1.165, 1.54) is 18.0 Å². The van der Waals surface area contributed by atoms with Crippen LogP contribution in [0.2, 0.25) is 0 Å². The Hall–Kier alpha value is -1.86. The number of nitrogens with two attached hydrogens (primary N) is 1. The molecule has 13 nitrogen and oxygen atoms in total. The Morgan fingerprint density at radius 2 is 2.24 bits per heavy atom. The van der Waals surface area contributed by atoms with Crippen molar-refractivity contribution >= 4 is 24.9 Å². The number of fused-ring (bicyclic) bond motifs is 1. The van der Waals surface area contributed by atoms with Crippen molar-refractivity contribution in [2.45, 2.75) is 24.5 Å². The predicted octanol–water partition coefficient (Wildman–Crippen LogP) is -1.92. The second-order valence-corrected chi connectivity index (χ2v) is 6.56. The molecular formula is C11H16N5O8P. The van der Waals surface area contributed by atoms with Crippen LogP contribution in [0.15, 0.2) is 11.1 Å². The van der Waals surface area contributed by atoms with Gasteiger partial charge in [0, 0.05) is 7.11 Å². The van der Waals surface area contributed by atoms with Crippen LogP contribution in [0, 0.1) is 0 Å². The molecule has 0 spiro atoms. The molecule has 4 atom stereocenters. The Labute approximate surface area is 139 Å². The summed E-state index contributed by atoms with van der Waals surface area (Å²) in [5, 5.41) is 10.3. The first-order chi connectivity index (χ1) is 11.7. The van der Waals surface area contributed by atoms with E-state index >= 15 is 0 Å². The molecule has 138 valence electrons. The van der Waals surface area contributed by atoms with Crippen LogP contribution in [0.3, 0.4) is 0 Å². The van der Waals surface area contributed by atoms with Crippen molar-refractivity contribution in [1.29, 1.82) is 0 Å². The number of aromatic nitrogens is 4. The summed E-state index contributed by atoms with van der Waals surface area (Å²) < 4.78 is 27.4. The number of anilines is 1. The molecule has 3 rings (SSSR count). The number of hydrogen-bond acceptors (Lipinski definition) is 9. The molecule has 0 aromatic carbocycles. The van der Waals surface area contributed by atoms with Crippen LogP contribution < -0.4 is 11.3 Å². The molecule has 1 saturated heterocycles. The number of H-pyrrole nitrogens is 1. The van der Waals surface area contributed by atoms with E-state index in [9.17, 15) is 14.5 Å². The predicted molar refractivity (Wildman–Crippen MR) is 81.3 cm³/mol. The minimum absolute atomic E-state index is 0.0112. The first-order valence-electron chi connectivity index (χ1n) is 7.00. The van der Waals surface area contributed by atoms with Gasteiger partial charge in [0.25, 0.3) is 5.56 Å². The number of aromatic amines is 1. The van der Waals surface area contributed by atoms with Gasteiger partial charge in [-0.25, -0.2) is 9.55 Å². The molecule has 1 aliphatic rings. The van der Waals surface area contributed by atoms with Gasteiger partial charge in [0.2, 0.25) is 5.95 Å². The summed E-state index contributed by atoms with van der Waals surface area (Å²) in [6.07, 6.45) is -2.96. The number of aliphatic hydroxyl groups excluding tert-OH is 1. The van der Waals surface area contributed by atoms with Crippen molar-refractivity contribution in [3.8, 4) is 0 Å². The van der Waals surface area contributed by atoms with Crippen molar-refractivity contribution in [3.63, 3.8) is 0 Å². The highest BCUT2D eigenvalue weighted by molar-refractivity contribution is 7.46. The molecule has 1 fully saturated rings. The molecule has 2 aromatic heterocycles. The second-order valence-electron chi connectivity index (χ2n) is 5.32. The number of phosphoric ester groups is 1. The molecule has 0 saturated carbocycles.